The number of rotatable bonds is 11. The summed E-state index contributed by atoms with van der Waals surface area (Å²) in [5.74, 6) is -0.106. The zero-order valence-corrected chi connectivity index (χ0v) is 14.8. The first-order valence-electron chi connectivity index (χ1n) is 8.12. The molecule has 0 atom stereocenters. The molecule has 0 aliphatic heterocycles. The molecule has 0 saturated carbocycles. The second-order valence-corrected chi connectivity index (χ2v) is 7.18. The molecule has 0 heterocycles. The van der Waals surface area contributed by atoms with Crippen molar-refractivity contribution in [2.24, 2.45) is 5.16 Å². The van der Waals surface area contributed by atoms with Crippen LogP contribution in [-0.2, 0) is 21.0 Å². The van der Waals surface area contributed by atoms with Gasteiger partial charge in [-0.2, -0.15) is 13.7 Å². The number of unbranched alkanes of at least 4 members (excludes halogenated alkanes) is 5. The van der Waals surface area contributed by atoms with Gasteiger partial charge >= 0.3 is 10.1 Å². The summed E-state index contributed by atoms with van der Waals surface area (Å²) < 4.78 is 28.2. The van der Waals surface area contributed by atoms with Crippen molar-refractivity contribution < 1.29 is 17.8 Å². The normalized spacial score (nSPS) is 12.0. The second-order valence-electron chi connectivity index (χ2n) is 5.51. The van der Waals surface area contributed by atoms with Crippen LogP contribution in [0.25, 0.3) is 0 Å². The number of aliphatic hydroxyl groups is 1. The molecule has 0 bridgehead atoms. The van der Waals surface area contributed by atoms with E-state index in [-0.39, 0.29) is 18.1 Å². The van der Waals surface area contributed by atoms with Crippen molar-refractivity contribution >= 4 is 15.8 Å². The monoisotopic (exact) mass is 352 g/mol. The van der Waals surface area contributed by atoms with E-state index >= 15 is 0 Å². The quantitative estimate of drug-likeness (QED) is 0.375. The molecule has 1 aromatic carbocycles. The highest BCUT2D eigenvalue weighted by Crippen LogP contribution is 2.09. The van der Waals surface area contributed by atoms with E-state index in [1.165, 1.54) is 0 Å². The van der Waals surface area contributed by atoms with Crippen LogP contribution >= 0.6 is 0 Å². The molecular formula is C17H24N2O4S. The number of benzene rings is 1. The third-order valence-electron chi connectivity index (χ3n) is 3.51. The van der Waals surface area contributed by atoms with Gasteiger partial charge in [0.2, 0.25) is 0 Å². The lowest BCUT2D eigenvalue weighted by atomic mass is 10.1. The van der Waals surface area contributed by atoms with Gasteiger partial charge in [-0.1, -0.05) is 68.4 Å². The summed E-state index contributed by atoms with van der Waals surface area (Å²) in [5.41, 5.74) is 1.00. The zero-order chi connectivity index (χ0) is 17.8. The van der Waals surface area contributed by atoms with Crippen molar-refractivity contribution in [2.75, 3.05) is 5.75 Å². The Labute approximate surface area is 143 Å². The fourth-order valence-electron chi connectivity index (χ4n) is 2.10. The third kappa shape index (κ3) is 7.57. The first-order valence-corrected chi connectivity index (χ1v) is 9.69. The predicted molar refractivity (Wildman–Crippen MR) is 92.8 cm³/mol. The molecule has 1 N–H and O–H groups in total. The van der Waals surface area contributed by atoms with E-state index in [1.807, 2.05) is 6.07 Å². The molecule has 0 aliphatic carbocycles. The van der Waals surface area contributed by atoms with Gasteiger partial charge in [-0.3, -0.25) is 4.28 Å². The first kappa shape index (κ1) is 20.1. The van der Waals surface area contributed by atoms with E-state index in [2.05, 4.69) is 16.4 Å². The van der Waals surface area contributed by atoms with Crippen molar-refractivity contribution in [1.82, 2.24) is 0 Å². The van der Waals surface area contributed by atoms with E-state index in [1.54, 1.807) is 24.3 Å². The van der Waals surface area contributed by atoms with Crippen LogP contribution in [0.15, 0.2) is 29.4 Å². The number of aliphatic hydroxyl groups excluding tert-OH is 1. The van der Waals surface area contributed by atoms with E-state index in [0.717, 1.165) is 32.1 Å². The van der Waals surface area contributed by atoms with Crippen LogP contribution in [0.5, 0.6) is 0 Å². The maximum atomic E-state index is 11.8. The van der Waals surface area contributed by atoms with Crippen LogP contribution in [0.3, 0.4) is 0 Å². The number of hydrogen-bond donors (Lipinski definition) is 1. The summed E-state index contributed by atoms with van der Waals surface area (Å²) in [5, 5.41) is 21.6. The average Bonchev–Trinajstić information content (AvgIpc) is 2.59. The Hall–Kier alpha value is -1.91. The van der Waals surface area contributed by atoms with Gasteiger partial charge in [-0.25, -0.2) is 0 Å². The van der Waals surface area contributed by atoms with Crippen LogP contribution in [0, 0.1) is 11.3 Å². The van der Waals surface area contributed by atoms with Gasteiger partial charge in [0, 0.05) is 5.56 Å². The van der Waals surface area contributed by atoms with Gasteiger partial charge < -0.3 is 5.11 Å². The Morgan fingerprint density at radius 3 is 2.38 bits per heavy atom. The fourth-order valence-corrected chi connectivity index (χ4v) is 2.92. The minimum Gasteiger partial charge on any atom is -0.392 e. The Balaban J connectivity index is 2.55. The van der Waals surface area contributed by atoms with Gasteiger partial charge in [0.25, 0.3) is 0 Å². The van der Waals surface area contributed by atoms with Crippen molar-refractivity contribution in [3.8, 4) is 6.07 Å². The van der Waals surface area contributed by atoms with Gasteiger partial charge in [0.05, 0.1) is 12.4 Å². The summed E-state index contributed by atoms with van der Waals surface area (Å²) in [6.45, 7) is 2.02. The number of oxime groups is 1. The Bertz CT molecular complexity index is 661. The van der Waals surface area contributed by atoms with Crippen molar-refractivity contribution in [3.63, 3.8) is 0 Å². The van der Waals surface area contributed by atoms with Gasteiger partial charge in [-0.15, -0.1) is 0 Å². The molecule has 0 radical (unpaired) electrons. The maximum Gasteiger partial charge on any atom is 0.328 e. The highest BCUT2D eigenvalue weighted by molar-refractivity contribution is 7.86. The smallest absolute Gasteiger partial charge is 0.328 e. The summed E-state index contributed by atoms with van der Waals surface area (Å²) >= 11 is 0. The van der Waals surface area contributed by atoms with E-state index in [0.29, 0.717) is 17.5 Å². The number of nitriles is 1. The minimum atomic E-state index is -3.78. The summed E-state index contributed by atoms with van der Waals surface area (Å²) in [7, 11) is -3.78. The van der Waals surface area contributed by atoms with Crippen LogP contribution in [0.2, 0.25) is 0 Å². The second kappa shape index (κ2) is 10.8. The Kier molecular flexibility index (Phi) is 9.05. The molecule has 0 spiro atoms. The Morgan fingerprint density at radius 1 is 1.17 bits per heavy atom. The van der Waals surface area contributed by atoms with Crippen LogP contribution in [0.4, 0.5) is 0 Å². The fraction of sp³-hybridized carbons (Fsp3) is 0.529. The molecule has 1 aromatic rings. The lowest BCUT2D eigenvalue weighted by molar-refractivity contribution is 0.282. The number of hydrogen-bond acceptors (Lipinski definition) is 6. The van der Waals surface area contributed by atoms with Crippen molar-refractivity contribution in [1.29, 1.82) is 5.26 Å². The molecule has 1 rings (SSSR count). The molecule has 0 aromatic heterocycles. The summed E-state index contributed by atoms with van der Waals surface area (Å²) in [6, 6.07) is 8.24. The zero-order valence-electron chi connectivity index (χ0n) is 13.9. The highest BCUT2D eigenvalue weighted by Gasteiger charge is 2.12. The lowest BCUT2D eigenvalue weighted by Gasteiger charge is -2.03. The van der Waals surface area contributed by atoms with Crippen LogP contribution < -0.4 is 0 Å². The lowest BCUT2D eigenvalue weighted by Crippen LogP contribution is -2.09. The molecule has 7 heteroatoms. The van der Waals surface area contributed by atoms with Gasteiger partial charge in [-0.05, 0) is 12.0 Å². The van der Waals surface area contributed by atoms with Gasteiger partial charge in [0.15, 0.2) is 5.71 Å². The van der Waals surface area contributed by atoms with E-state index in [9.17, 15) is 8.42 Å². The third-order valence-corrected chi connectivity index (χ3v) is 4.60. The standard InChI is InChI=1S/C17H24N2O4S/c1-2-3-4-5-6-7-12-24(21,22)23-19-17(13-18)16-10-8-15(14-20)9-11-16/h8-11,20H,2-7,12,14H2,1H3/b19-17+. The van der Waals surface area contributed by atoms with Crippen molar-refractivity contribution in [3.05, 3.63) is 35.4 Å². The average molecular weight is 352 g/mol. The minimum absolute atomic E-state index is 0.106. The molecule has 0 amide bonds. The molecular weight excluding hydrogens is 328 g/mol. The molecule has 0 aliphatic rings. The molecule has 0 fully saturated rings. The highest BCUT2D eigenvalue weighted by atomic mass is 32.2. The molecule has 6 nitrogen and oxygen atoms in total. The number of nitrogens with zero attached hydrogens (tertiary/aromatic N) is 2. The Morgan fingerprint density at radius 2 is 1.79 bits per heavy atom. The largest absolute Gasteiger partial charge is 0.392 e. The summed E-state index contributed by atoms with van der Waals surface area (Å²) in [4.78, 5) is 0. The molecule has 24 heavy (non-hydrogen) atoms. The van der Waals surface area contributed by atoms with Crippen LogP contribution in [0.1, 0.15) is 56.6 Å². The summed E-state index contributed by atoms with van der Waals surface area (Å²) in [6.07, 6.45) is 5.78. The SMILES string of the molecule is CCCCCCCCS(=O)(=O)O/N=C(\C#N)c1ccc(CO)cc1. The molecule has 132 valence electrons. The van der Waals surface area contributed by atoms with Crippen molar-refractivity contribution in [2.45, 2.75) is 52.1 Å². The topological polar surface area (TPSA) is 99.8 Å². The maximum absolute atomic E-state index is 11.8. The van der Waals surface area contributed by atoms with Crippen LogP contribution in [-0.4, -0.2) is 25.0 Å². The van der Waals surface area contributed by atoms with E-state index < -0.39 is 10.1 Å². The first-order chi connectivity index (χ1) is 11.5. The van der Waals surface area contributed by atoms with Gasteiger partial charge in [0.1, 0.15) is 6.07 Å². The molecule has 0 saturated heterocycles. The predicted octanol–water partition coefficient (Wildman–Crippen LogP) is 3.11. The molecule has 0 unspecified atom stereocenters. The van der Waals surface area contributed by atoms with E-state index in [4.69, 9.17) is 10.4 Å².